The third-order valence-electron chi connectivity index (χ3n) is 8.29. The molecule has 0 aliphatic heterocycles. The van der Waals surface area contributed by atoms with Crippen LogP contribution in [0.15, 0.2) is 16.4 Å². The van der Waals surface area contributed by atoms with Gasteiger partial charge in [-0.15, -0.1) is 28.3 Å². The third kappa shape index (κ3) is 15.5. The Balaban J connectivity index is 0.00000576. The van der Waals surface area contributed by atoms with Crippen LogP contribution < -0.4 is 108 Å². The van der Waals surface area contributed by atoms with Crippen LogP contribution in [0.25, 0.3) is 0 Å². The molecule has 1 heterocycles. The van der Waals surface area contributed by atoms with Crippen LogP contribution in [0.4, 0.5) is 5.82 Å². The molecule has 5 unspecified atom stereocenters. The van der Waals surface area contributed by atoms with Gasteiger partial charge in [0.1, 0.15) is 11.6 Å². The zero-order chi connectivity index (χ0) is 34.1. The monoisotopic (exact) mass is 798 g/mol. The number of alkyl halides is 2. The maximum atomic E-state index is 12.2. The summed E-state index contributed by atoms with van der Waals surface area (Å²) in [5.41, 5.74) is 0.162. The van der Waals surface area contributed by atoms with E-state index in [4.69, 9.17) is 23.2 Å². The number of amides is 1. The molecule has 0 saturated heterocycles. The summed E-state index contributed by atoms with van der Waals surface area (Å²) in [7, 11) is -8.72. The summed E-state index contributed by atoms with van der Waals surface area (Å²) in [5, 5.41) is 34.2. The average molecular weight is 800 g/mol. The molecular formula is C27H38Cl2K2N8O7S2. The van der Waals surface area contributed by atoms with Crippen LogP contribution in [-0.2, 0) is 25.0 Å². The Morgan fingerprint density at radius 1 is 1.02 bits per heavy atom. The van der Waals surface area contributed by atoms with Gasteiger partial charge >= 0.3 is 103 Å². The first-order valence-corrected chi connectivity index (χ1v) is 19.1. The molecule has 2 aliphatic carbocycles. The molecule has 1 amide bonds. The number of aromatic nitrogens is 2. The number of carbonyl (C=O) groups is 1. The van der Waals surface area contributed by atoms with E-state index >= 15 is 0 Å². The molecule has 5 atom stereocenters. The second-order valence-corrected chi connectivity index (χ2v) is 16.0. The number of hydrogen-bond donors (Lipinski definition) is 1. The fourth-order valence-electron chi connectivity index (χ4n) is 6.12. The minimum Gasteiger partial charge on any atom is -0.748 e. The van der Waals surface area contributed by atoms with Gasteiger partial charge in [-0.2, -0.15) is 20.7 Å². The van der Waals surface area contributed by atoms with Crippen LogP contribution >= 0.6 is 23.2 Å². The maximum absolute atomic E-state index is 12.2. The van der Waals surface area contributed by atoms with Gasteiger partial charge in [0, 0.05) is 30.4 Å². The molecule has 48 heavy (non-hydrogen) atoms. The number of nitriles is 2. The number of halogens is 2. The first kappa shape index (κ1) is 46.9. The van der Waals surface area contributed by atoms with Gasteiger partial charge in [0.15, 0.2) is 5.82 Å². The van der Waals surface area contributed by atoms with Crippen molar-refractivity contribution in [2.24, 2.45) is 16.1 Å². The molecule has 15 nitrogen and oxygen atoms in total. The predicted octanol–water partition coefficient (Wildman–Crippen LogP) is -3.09. The number of azo groups is 1. The summed E-state index contributed by atoms with van der Waals surface area (Å²) in [5.74, 6) is -1.40. The van der Waals surface area contributed by atoms with Crippen molar-refractivity contribution in [2.75, 3.05) is 24.6 Å². The van der Waals surface area contributed by atoms with E-state index in [9.17, 15) is 41.3 Å². The van der Waals surface area contributed by atoms with E-state index in [-0.39, 0.29) is 145 Å². The zero-order valence-electron chi connectivity index (χ0n) is 27.4. The first-order chi connectivity index (χ1) is 21.6. The van der Waals surface area contributed by atoms with Crippen molar-refractivity contribution >= 4 is 55.2 Å². The molecule has 0 radical (unpaired) electrons. The summed E-state index contributed by atoms with van der Waals surface area (Å²) >= 11 is 13.3. The maximum Gasteiger partial charge on any atom is 1.00 e. The fraction of sp³-hybridized carbons (Fsp3) is 0.778. The number of hydrogen-bond acceptors (Lipinski definition) is 13. The van der Waals surface area contributed by atoms with Gasteiger partial charge in [-0.3, -0.25) is 4.79 Å². The molecule has 2 saturated carbocycles. The Morgan fingerprint density at radius 2 is 1.58 bits per heavy atom. The Labute approximate surface area is 377 Å². The van der Waals surface area contributed by atoms with Gasteiger partial charge in [0.2, 0.25) is 5.91 Å². The van der Waals surface area contributed by atoms with E-state index in [1.54, 1.807) is 0 Å². The topological polar surface area (TPSA) is 237 Å². The van der Waals surface area contributed by atoms with E-state index in [2.05, 4.69) is 37.7 Å². The summed E-state index contributed by atoms with van der Waals surface area (Å²) < 4.78 is 67.8. The Kier molecular flexibility index (Phi) is 21.7. The molecule has 0 spiro atoms. The molecular weight excluding hydrogens is 762 g/mol. The average Bonchev–Trinajstić information content (AvgIpc) is 3.36. The Bertz CT molecular complexity index is 1490. The van der Waals surface area contributed by atoms with E-state index in [0.717, 1.165) is 0 Å². The zero-order valence-corrected chi connectivity index (χ0v) is 36.8. The molecule has 1 aromatic rings. The molecule has 2 fully saturated rings. The minimum absolute atomic E-state index is 0. The molecule has 0 aromatic carbocycles. The van der Waals surface area contributed by atoms with Crippen molar-refractivity contribution in [3.05, 3.63) is 11.8 Å². The van der Waals surface area contributed by atoms with Gasteiger partial charge in [-0.05, 0) is 70.9 Å². The van der Waals surface area contributed by atoms with Gasteiger partial charge < -0.3 is 19.3 Å². The standard InChI is InChI=1S/C27H40Cl2N8O7S2.2K/c1-18(38)33-25-14-21(36(8-2-4-10-45(39,40)41)9-3-5-11-46(42,43)44)6-7-24(25)34-35-27-20(16-31)17-32-37(27)26-22(28)12-19(15-30)13-23(26)29;;/h17,19,21-26H,2-14H2,1H3,(H,33,38)(H,39,40,41)(H,42,43,44);;/q;2*+1/p-2. The summed E-state index contributed by atoms with van der Waals surface area (Å²) in [6, 6.07) is 2.70. The number of carbonyl (C=O) groups excluding carboxylic acids is 1. The van der Waals surface area contributed by atoms with E-state index < -0.39 is 60.6 Å². The van der Waals surface area contributed by atoms with Crippen LogP contribution in [0.2, 0.25) is 0 Å². The van der Waals surface area contributed by atoms with Crippen molar-refractivity contribution in [1.82, 2.24) is 20.0 Å². The van der Waals surface area contributed by atoms with Gasteiger partial charge in [0.05, 0.1) is 61.4 Å². The summed E-state index contributed by atoms with van der Waals surface area (Å²) in [4.78, 5) is 14.3. The van der Waals surface area contributed by atoms with E-state index in [1.807, 2.05) is 0 Å². The van der Waals surface area contributed by atoms with Crippen LogP contribution in [0.1, 0.15) is 76.3 Å². The first-order valence-electron chi connectivity index (χ1n) is 15.1. The van der Waals surface area contributed by atoms with Crippen LogP contribution in [0.3, 0.4) is 0 Å². The third-order valence-corrected chi connectivity index (χ3v) is 10.7. The van der Waals surface area contributed by atoms with Crippen LogP contribution in [0, 0.1) is 28.6 Å². The Hall–Kier alpha value is 0.893. The van der Waals surface area contributed by atoms with E-state index in [0.29, 0.717) is 58.0 Å². The number of nitrogens with zero attached hydrogens (tertiary/aromatic N) is 7. The second-order valence-electron chi connectivity index (χ2n) is 11.8. The van der Waals surface area contributed by atoms with Crippen LogP contribution in [0.5, 0.6) is 0 Å². The predicted molar refractivity (Wildman–Crippen MR) is 166 cm³/mol. The number of unbranched alkanes of at least 4 members (excludes halogenated alkanes) is 2. The molecule has 1 N–H and O–H groups in total. The second kappa shape index (κ2) is 22.2. The molecule has 256 valence electrons. The number of nitrogens with one attached hydrogen (secondary N) is 1. The van der Waals surface area contributed by atoms with Crippen molar-refractivity contribution in [1.29, 1.82) is 10.5 Å². The molecule has 3 rings (SSSR count). The SMILES string of the molecule is CC(=O)NC1CC(N(CCCCS(=O)(=O)[O-])CCCCS(=O)(=O)[O-])CCC1N=Nc1c(C#N)cnn1C1C(Cl)CC(C#N)CC1Cl.[K+].[K+]. The summed E-state index contributed by atoms with van der Waals surface area (Å²) in [6.45, 7) is 2.24. The molecule has 21 heteroatoms. The largest absolute Gasteiger partial charge is 1.00 e. The van der Waals surface area contributed by atoms with Crippen molar-refractivity contribution in [2.45, 2.75) is 99.6 Å². The Morgan fingerprint density at radius 3 is 2.06 bits per heavy atom. The molecule has 2 aliphatic rings. The van der Waals surface area contributed by atoms with Crippen molar-refractivity contribution in [3.8, 4) is 12.1 Å². The smallest absolute Gasteiger partial charge is 0.748 e. The van der Waals surface area contributed by atoms with Gasteiger partial charge in [0.25, 0.3) is 0 Å². The van der Waals surface area contributed by atoms with Gasteiger partial charge in [-0.25, -0.2) is 21.5 Å². The van der Waals surface area contributed by atoms with Crippen LogP contribution in [-0.4, -0.2) is 100 Å². The normalized spacial score (nSPS) is 26.2. The van der Waals surface area contributed by atoms with Gasteiger partial charge in [-0.1, -0.05) is 0 Å². The quantitative estimate of drug-likeness (QED) is 0.0614. The molecule has 0 bridgehead atoms. The minimum atomic E-state index is -4.36. The van der Waals surface area contributed by atoms with Crippen molar-refractivity contribution in [3.63, 3.8) is 0 Å². The van der Waals surface area contributed by atoms with Crippen molar-refractivity contribution < 1.29 is 134 Å². The van der Waals surface area contributed by atoms with E-state index in [1.165, 1.54) is 17.8 Å². The summed E-state index contributed by atoms with van der Waals surface area (Å²) in [6.07, 6.45) is 4.83. The molecule has 1 aromatic heterocycles. The number of rotatable bonds is 15. The fourth-order valence-corrected chi connectivity index (χ4v) is 8.31.